The van der Waals surface area contributed by atoms with Gasteiger partial charge in [0.2, 0.25) is 5.91 Å². The van der Waals surface area contributed by atoms with E-state index < -0.39 is 0 Å². The largest absolute Gasteiger partial charge is 0.356 e. The Labute approximate surface area is 149 Å². The normalized spacial score (nSPS) is 16.4. The van der Waals surface area contributed by atoms with E-state index in [1.54, 1.807) is 14.0 Å². The number of nitrogens with one attached hydrogen (secondary N) is 1. The standard InChI is InChI=1S/C17H28ClN5O/c1-13(24)23-7-5-14(6-8-23)10-20-17(19-2)22(4)12-16-9-15(18)11-21(16)3/h9,11,14H,5-8,10,12H2,1-4H3,(H,19,20). The minimum Gasteiger partial charge on any atom is -0.356 e. The monoisotopic (exact) mass is 353 g/mol. The molecule has 0 aromatic carbocycles. The highest BCUT2D eigenvalue weighted by Gasteiger charge is 2.21. The molecule has 1 saturated heterocycles. The number of guanidine groups is 1. The predicted molar refractivity (Wildman–Crippen MR) is 98.2 cm³/mol. The van der Waals surface area contributed by atoms with Gasteiger partial charge in [-0.15, -0.1) is 0 Å². The highest BCUT2D eigenvalue weighted by molar-refractivity contribution is 6.30. The molecule has 1 fully saturated rings. The number of aryl methyl sites for hydroxylation is 1. The highest BCUT2D eigenvalue weighted by Crippen LogP contribution is 2.17. The zero-order valence-corrected chi connectivity index (χ0v) is 15.8. The molecule has 0 spiro atoms. The van der Waals surface area contributed by atoms with Gasteiger partial charge in [0, 0.05) is 59.6 Å². The van der Waals surface area contributed by atoms with Crippen molar-refractivity contribution in [3.8, 4) is 0 Å². The number of amides is 1. The van der Waals surface area contributed by atoms with Crippen LogP contribution < -0.4 is 5.32 Å². The summed E-state index contributed by atoms with van der Waals surface area (Å²) in [6, 6.07) is 1.98. The number of halogens is 1. The van der Waals surface area contributed by atoms with E-state index in [-0.39, 0.29) is 5.91 Å². The first kappa shape index (κ1) is 18.6. The number of carbonyl (C=O) groups excluding carboxylic acids is 1. The molecule has 0 radical (unpaired) electrons. The molecule has 0 atom stereocenters. The quantitative estimate of drug-likeness (QED) is 0.665. The Morgan fingerprint density at radius 1 is 1.46 bits per heavy atom. The summed E-state index contributed by atoms with van der Waals surface area (Å²) in [6.45, 7) is 4.99. The molecule has 6 nitrogen and oxygen atoms in total. The van der Waals surface area contributed by atoms with Gasteiger partial charge in [0.1, 0.15) is 0 Å². The molecule has 1 aliphatic heterocycles. The number of piperidine rings is 1. The minimum atomic E-state index is 0.179. The zero-order chi connectivity index (χ0) is 17.7. The van der Waals surface area contributed by atoms with Gasteiger partial charge >= 0.3 is 0 Å². The van der Waals surface area contributed by atoms with Crippen LogP contribution in [0.5, 0.6) is 0 Å². The average Bonchev–Trinajstić information content (AvgIpc) is 2.85. The lowest BCUT2D eigenvalue weighted by Crippen LogP contribution is -2.44. The third-order valence-corrected chi connectivity index (χ3v) is 4.86. The van der Waals surface area contributed by atoms with Crippen LogP contribution in [0.2, 0.25) is 5.02 Å². The Kier molecular flexibility index (Phi) is 6.54. The Bertz CT molecular complexity index is 590. The fourth-order valence-electron chi connectivity index (χ4n) is 3.11. The molecule has 2 heterocycles. The molecule has 0 unspecified atom stereocenters. The number of rotatable bonds is 4. The molecule has 24 heavy (non-hydrogen) atoms. The van der Waals surface area contributed by atoms with Crippen molar-refractivity contribution in [2.45, 2.75) is 26.3 Å². The van der Waals surface area contributed by atoms with Gasteiger partial charge in [-0.3, -0.25) is 9.79 Å². The number of aromatic nitrogens is 1. The van der Waals surface area contributed by atoms with Crippen LogP contribution in [0.4, 0.5) is 0 Å². The van der Waals surface area contributed by atoms with Crippen molar-refractivity contribution in [1.82, 2.24) is 19.7 Å². The summed E-state index contributed by atoms with van der Waals surface area (Å²) >= 11 is 6.05. The van der Waals surface area contributed by atoms with Crippen LogP contribution in [0.25, 0.3) is 0 Å². The second-order valence-corrected chi connectivity index (χ2v) is 6.93. The first-order chi connectivity index (χ1) is 11.4. The fraction of sp³-hybridized carbons (Fsp3) is 0.647. The Morgan fingerprint density at radius 3 is 2.62 bits per heavy atom. The van der Waals surface area contributed by atoms with E-state index >= 15 is 0 Å². The lowest BCUT2D eigenvalue weighted by atomic mass is 9.97. The molecule has 2 rings (SSSR count). The zero-order valence-electron chi connectivity index (χ0n) is 15.0. The van der Waals surface area contributed by atoms with Crippen LogP contribution in [0.15, 0.2) is 17.3 Å². The van der Waals surface area contributed by atoms with Crippen LogP contribution in [-0.4, -0.2) is 60.0 Å². The van der Waals surface area contributed by atoms with Crippen molar-refractivity contribution in [2.75, 3.05) is 33.7 Å². The van der Waals surface area contributed by atoms with Crippen molar-refractivity contribution in [1.29, 1.82) is 0 Å². The van der Waals surface area contributed by atoms with Gasteiger partial charge < -0.3 is 19.7 Å². The van der Waals surface area contributed by atoms with Crippen LogP contribution in [-0.2, 0) is 18.4 Å². The summed E-state index contributed by atoms with van der Waals surface area (Å²) in [7, 11) is 5.82. The third kappa shape index (κ3) is 4.90. The first-order valence-corrected chi connectivity index (χ1v) is 8.76. The van der Waals surface area contributed by atoms with Crippen LogP contribution in [0.3, 0.4) is 0 Å². The molecule has 134 valence electrons. The van der Waals surface area contributed by atoms with E-state index in [0.29, 0.717) is 5.92 Å². The fourth-order valence-corrected chi connectivity index (χ4v) is 3.39. The van der Waals surface area contributed by atoms with Crippen molar-refractivity contribution in [3.63, 3.8) is 0 Å². The molecular formula is C17H28ClN5O. The Morgan fingerprint density at radius 2 is 2.12 bits per heavy atom. The SMILES string of the molecule is CN=C(NCC1CCN(C(C)=O)CC1)N(C)Cc1cc(Cl)cn1C. The molecule has 7 heteroatoms. The molecular weight excluding hydrogens is 326 g/mol. The smallest absolute Gasteiger partial charge is 0.219 e. The number of nitrogens with zero attached hydrogens (tertiary/aromatic N) is 4. The lowest BCUT2D eigenvalue weighted by molar-refractivity contribution is -0.130. The second-order valence-electron chi connectivity index (χ2n) is 6.49. The number of aliphatic imine (C=N–C) groups is 1. The van der Waals surface area contributed by atoms with E-state index in [1.165, 1.54) is 0 Å². The molecule has 1 aromatic rings. The van der Waals surface area contributed by atoms with Gasteiger partial charge in [-0.1, -0.05) is 11.6 Å². The van der Waals surface area contributed by atoms with Gasteiger partial charge in [-0.25, -0.2) is 0 Å². The topological polar surface area (TPSA) is 52.9 Å². The van der Waals surface area contributed by atoms with Gasteiger partial charge in [0.15, 0.2) is 5.96 Å². The molecule has 0 saturated carbocycles. The average molecular weight is 354 g/mol. The van der Waals surface area contributed by atoms with Crippen molar-refractivity contribution in [3.05, 3.63) is 23.0 Å². The maximum Gasteiger partial charge on any atom is 0.219 e. The maximum atomic E-state index is 11.4. The van der Waals surface area contributed by atoms with Crippen molar-refractivity contribution < 1.29 is 4.79 Å². The number of carbonyl (C=O) groups is 1. The third-order valence-electron chi connectivity index (χ3n) is 4.66. The number of likely N-dealkylation sites (tertiary alicyclic amines) is 1. The summed E-state index contributed by atoms with van der Waals surface area (Å²) in [5.41, 5.74) is 1.14. The first-order valence-electron chi connectivity index (χ1n) is 8.38. The van der Waals surface area contributed by atoms with E-state index in [1.807, 2.05) is 35.8 Å². The van der Waals surface area contributed by atoms with Crippen molar-refractivity contribution in [2.24, 2.45) is 18.0 Å². The van der Waals surface area contributed by atoms with E-state index in [0.717, 1.165) is 55.7 Å². The number of hydrogen-bond acceptors (Lipinski definition) is 2. The molecule has 1 amide bonds. The predicted octanol–water partition coefficient (Wildman–Crippen LogP) is 1.94. The maximum absolute atomic E-state index is 11.4. The Hall–Kier alpha value is -1.69. The summed E-state index contributed by atoms with van der Waals surface area (Å²) in [4.78, 5) is 19.8. The van der Waals surface area contributed by atoms with Crippen LogP contribution in [0, 0.1) is 5.92 Å². The molecule has 1 aromatic heterocycles. The van der Waals surface area contributed by atoms with E-state index in [4.69, 9.17) is 11.6 Å². The summed E-state index contributed by atoms with van der Waals surface area (Å²) in [6.07, 6.45) is 3.99. The van der Waals surface area contributed by atoms with Crippen molar-refractivity contribution >= 4 is 23.5 Å². The van der Waals surface area contributed by atoms with Gasteiger partial charge in [0.25, 0.3) is 0 Å². The van der Waals surface area contributed by atoms with Crippen LogP contribution in [0.1, 0.15) is 25.5 Å². The van der Waals surface area contributed by atoms with E-state index in [2.05, 4.69) is 15.2 Å². The molecule has 0 bridgehead atoms. The van der Waals surface area contributed by atoms with Crippen LogP contribution >= 0.6 is 11.6 Å². The molecule has 1 aliphatic rings. The van der Waals surface area contributed by atoms with Gasteiger partial charge in [0.05, 0.1) is 11.6 Å². The summed E-state index contributed by atoms with van der Waals surface area (Å²) in [5, 5.41) is 4.21. The highest BCUT2D eigenvalue weighted by atomic mass is 35.5. The number of hydrogen-bond donors (Lipinski definition) is 1. The van der Waals surface area contributed by atoms with Gasteiger partial charge in [-0.05, 0) is 24.8 Å². The molecule has 1 N–H and O–H groups in total. The van der Waals surface area contributed by atoms with Gasteiger partial charge in [-0.2, -0.15) is 0 Å². The summed E-state index contributed by atoms with van der Waals surface area (Å²) < 4.78 is 2.03. The second kappa shape index (κ2) is 8.42. The summed E-state index contributed by atoms with van der Waals surface area (Å²) in [5.74, 6) is 1.63. The Balaban J connectivity index is 1.82. The lowest BCUT2D eigenvalue weighted by Gasteiger charge is -2.32. The minimum absolute atomic E-state index is 0.179. The van der Waals surface area contributed by atoms with E-state index in [9.17, 15) is 4.79 Å². The molecule has 0 aliphatic carbocycles.